The van der Waals surface area contributed by atoms with Crippen LogP contribution in [0.4, 0.5) is 0 Å². The standard InChI is InChI=1S/C22H28N2O3/c1-4-14-9-13-11-22(21(25)27-3)19-17(7-8-24(12-13)20(14)22)16-6-5-15(26-2)10-18(16)23-19/h5-6,10,13-14,20,23H,4,7-9,11-12H2,1-3H3/t13-,14+,20+,22-/m0/s1. The monoisotopic (exact) mass is 368 g/mol. The van der Waals surface area contributed by atoms with Crippen molar-refractivity contribution in [3.63, 3.8) is 0 Å². The number of esters is 1. The highest BCUT2D eigenvalue weighted by Gasteiger charge is 2.62. The first kappa shape index (κ1) is 17.1. The highest BCUT2D eigenvalue weighted by molar-refractivity contribution is 5.92. The summed E-state index contributed by atoms with van der Waals surface area (Å²) in [5, 5.41) is 1.21. The SMILES string of the molecule is CC[C@@H]1C[C@@H]2CN3CCc4c([nH]c5cc(OC)ccc45)[C@@](C(=O)OC)(C2)[C@@H]13. The van der Waals surface area contributed by atoms with Crippen molar-refractivity contribution in [1.82, 2.24) is 9.88 Å². The van der Waals surface area contributed by atoms with E-state index < -0.39 is 5.41 Å². The number of benzene rings is 1. The molecule has 3 aliphatic heterocycles. The summed E-state index contributed by atoms with van der Waals surface area (Å²) in [6.45, 7) is 4.40. The third-order valence-electron chi connectivity index (χ3n) is 7.37. The quantitative estimate of drug-likeness (QED) is 0.845. The smallest absolute Gasteiger partial charge is 0.319 e. The van der Waals surface area contributed by atoms with E-state index in [0.29, 0.717) is 11.8 Å². The van der Waals surface area contributed by atoms with Crippen LogP contribution in [0.1, 0.15) is 37.4 Å². The van der Waals surface area contributed by atoms with Gasteiger partial charge in [0.25, 0.3) is 0 Å². The van der Waals surface area contributed by atoms with Gasteiger partial charge in [0.2, 0.25) is 0 Å². The number of aromatic nitrogens is 1. The number of methoxy groups -OCH3 is 2. The van der Waals surface area contributed by atoms with Gasteiger partial charge in [0.1, 0.15) is 11.2 Å². The predicted molar refractivity (Wildman–Crippen MR) is 104 cm³/mol. The van der Waals surface area contributed by atoms with Crippen LogP contribution in [0.2, 0.25) is 0 Å². The summed E-state index contributed by atoms with van der Waals surface area (Å²) in [6, 6.07) is 6.43. The Morgan fingerprint density at radius 1 is 1.37 bits per heavy atom. The van der Waals surface area contributed by atoms with Crippen molar-refractivity contribution in [3.8, 4) is 5.75 Å². The molecule has 0 spiro atoms. The van der Waals surface area contributed by atoms with Gasteiger partial charge in [0.15, 0.2) is 0 Å². The van der Waals surface area contributed by atoms with Crippen LogP contribution in [0.25, 0.3) is 10.9 Å². The molecule has 144 valence electrons. The minimum absolute atomic E-state index is 0.0676. The molecular formula is C22H28N2O3. The maximum absolute atomic E-state index is 13.4. The van der Waals surface area contributed by atoms with Crippen LogP contribution in [0.5, 0.6) is 5.75 Å². The minimum Gasteiger partial charge on any atom is -0.497 e. The number of carbonyl (C=O) groups is 1. The Balaban J connectivity index is 1.78. The highest BCUT2D eigenvalue weighted by atomic mass is 16.5. The van der Waals surface area contributed by atoms with Gasteiger partial charge in [-0.1, -0.05) is 13.3 Å². The van der Waals surface area contributed by atoms with E-state index in [1.807, 2.05) is 12.1 Å². The van der Waals surface area contributed by atoms with Crippen molar-refractivity contribution >= 4 is 16.9 Å². The molecule has 1 aromatic carbocycles. The Labute approximate surface area is 160 Å². The summed E-state index contributed by atoms with van der Waals surface area (Å²) in [7, 11) is 3.23. The van der Waals surface area contributed by atoms with Crippen molar-refractivity contribution < 1.29 is 14.3 Å². The number of carbonyl (C=O) groups excluding carboxylic acids is 1. The number of fused-ring (bicyclic) bond motifs is 4. The third kappa shape index (κ3) is 2.18. The lowest BCUT2D eigenvalue weighted by atomic mass is 9.56. The molecular weight excluding hydrogens is 340 g/mol. The Bertz CT molecular complexity index is 904. The van der Waals surface area contributed by atoms with Crippen LogP contribution in [0.15, 0.2) is 18.2 Å². The number of aromatic amines is 1. The maximum Gasteiger partial charge on any atom is 0.319 e. The molecule has 0 radical (unpaired) electrons. The number of ether oxygens (including phenoxy) is 2. The van der Waals surface area contributed by atoms with E-state index >= 15 is 0 Å². The molecule has 2 saturated heterocycles. The predicted octanol–water partition coefficient (Wildman–Crippen LogP) is 3.26. The van der Waals surface area contributed by atoms with Gasteiger partial charge in [-0.05, 0) is 48.8 Å². The first-order valence-corrected chi connectivity index (χ1v) is 10.1. The fourth-order valence-corrected chi connectivity index (χ4v) is 6.43. The largest absolute Gasteiger partial charge is 0.497 e. The van der Waals surface area contributed by atoms with Crippen LogP contribution >= 0.6 is 0 Å². The molecule has 27 heavy (non-hydrogen) atoms. The number of piperidine rings is 2. The third-order valence-corrected chi connectivity index (χ3v) is 7.37. The number of nitrogens with zero attached hydrogens (tertiary/aromatic N) is 1. The summed E-state index contributed by atoms with van der Waals surface area (Å²) in [4.78, 5) is 19.6. The number of hydrogen-bond acceptors (Lipinski definition) is 4. The van der Waals surface area contributed by atoms with Crippen molar-refractivity contribution in [3.05, 3.63) is 29.5 Å². The van der Waals surface area contributed by atoms with Crippen LogP contribution in [-0.4, -0.2) is 49.2 Å². The van der Waals surface area contributed by atoms with Crippen LogP contribution in [-0.2, 0) is 21.4 Å². The molecule has 1 aliphatic carbocycles. The van der Waals surface area contributed by atoms with Crippen LogP contribution in [0.3, 0.4) is 0 Å². The average Bonchev–Trinajstić information content (AvgIpc) is 3.04. The molecule has 1 N–H and O–H groups in total. The molecule has 3 fully saturated rings. The van der Waals surface area contributed by atoms with E-state index in [1.54, 1.807) is 14.2 Å². The zero-order chi connectivity index (χ0) is 18.8. The molecule has 5 nitrogen and oxygen atoms in total. The van der Waals surface area contributed by atoms with Gasteiger partial charge in [-0.15, -0.1) is 0 Å². The van der Waals surface area contributed by atoms with Gasteiger partial charge in [0.05, 0.1) is 14.2 Å². The molecule has 6 rings (SSSR count). The van der Waals surface area contributed by atoms with Gasteiger partial charge in [-0.3, -0.25) is 9.69 Å². The van der Waals surface area contributed by atoms with Gasteiger partial charge < -0.3 is 14.5 Å². The molecule has 1 saturated carbocycles. The maximum atomic E-state index is 13.4. The van der Waals surface area contributed by atoms with Crippen molar-refractivity contribution in [2.24, 2.45) is 11.8 Å². The highest BCUT2D eigenvalue weighted by Crippen LogP contribution is 2.55. The molecule has 0 amide bonds. The number of nitrogens with one attached hydrogen (secondary N) is 1. The molecule has 5 heteroatoms. The molecule has 4 bridgehead atoms. The summed E-state index contributed by atoms with van der Waals surface area (Å²) in [5.41, 5.74) is 2.88. The topological polar surface area (TPSA) is 54.6 Å². The lowest BCUT2D eigenvalue weighted by molar-refractivity contribution is -0.162. The molecule has 2 aromatic rings. The van der Waals surface area contributed by atoms with Gasteiger partial charge >= 0.3 is 5.97 Å². The van der Waals surface area contributed by atoms with Crippen LogP contribution < -0.4 is 4.74 Å². The summed E-state index contributed by atoms with van der Waals surface area (Å²) in [6.07, 6.45) is 4.22. The Morgan fingerprint density at radius 3 is 2.96 bits per heavy atom. The van der Waals surface area contributed by atoms with Crippen LogP contribution in [0, 0.1) is 11.8 Å². The number of hydrogen-bond donors (Lipinski definition) is 1. The van der Waals surface area contributed by atoms with Crippen molar-refractivity contribution in [1.29, 1.82) is 0 Å². The lowest BCUT2D eigenvalue weighted by Crippen LogP contribution is -2.67. The Kier molecular flexibility index (Phi) is 3.80. The Morgan fingerprint density at radius 2 is 2.22 bits per heavy atom. The second-order valence-electron chi connectivity index (χ2n) is 8.52. The van der Waals surface area contributed by atoms with E-state index in [4.69, 9.17) is 9.47 Å². The zero-order valence-corrected chi connectivity index (χ0v) is 16.4. The second kappa shape index (κ2) is 5.99. The Hall–Kier alpha value is -2.01. The van der Waals surface area contributed by atoms with Gasteiger partial charge in [-0.2, -0.15) is 0 Å². The zero-order valence-electron chi connectivity index (χ0n) is 16.4. The fraction of sp³-hybridized carbons (Fsp3) is 0.591. The number of H-pyrrole nitrogens is 1. The van der Waals surface area contributed by atoms with E-state index in [0.717, 1.165) is 49.3 Å². The molecule has 5 atom stereocenters. The molecule has 4 aliphatic rings. The lowest BCUT2D eigenvalue weighted by Gasteiger charge is -2.57. The average molecular weight is 368 g/mol. The first-order chi connectivity index (χ1) is 13.1. The second-order valence-corrected chi connectivity index (χ2v) is 8.52. The molecule has 1 unspecified atom stereocenters. The fourth-order valence-electron chi connectivity index (χ4n) is 6.43. The summed E-state index contributed by atoms with van der Waals surface area (Å²) >= 11 is 0. The van der Waals surface area contributed by atoms with E-state index in [1.165, 1.54) is 17.4 Å². The van der Waals surface area contributed by atoms with Crippen molar-refractivity contribution in [2.75, 3.05) is 27.3 Å². The van der Waals surface area contributed by atoms with Crippen molar-refractivity contribution in [2.45, 2.75) is 44.1 Å². The van der Waals surface area contributed by atoms with Gasteiger partial charge in [0, 0.05) is 41.8 Å². The summed E-state index contributed by atoms with van der Waals surface area (Å²) < 4.78 is 10.9. The first-order valence-electron chi connectivity index (χ1n) is 10.1. The molecule has 1 aromatic heterocycles. The van der Waals surface area contributed by atoms with E-state index in [-0.39, 0.29) is 12.0 Å². The van der Waals surface area contributed by atoms with E-state index in [2.05, 4.69) is 22.9 Å². The number of rotatable bonds is 3. The minimum atomic E-state index is -0.575. The molecule has 4 heterocycles. The van der Waals surface area contributed by atoms with E-state index in [9.17, 15) is 4.79 Å². The normalized spacial score (nSPS) is 34.2. The summed E-state index contributed by atoms with van der Waals surface area (Å²) in [5.74, 6) is 1.88. The van der Waals surface area contributed by atoms with Gasteiger partial charge in [-0.25, -0.2) is 0 Å².